The number of allylic oxidation sites excluding steroid dienone is 4. The van der Waals surface area contributed by atoms with Gasteiger partial charge in [-0.2, -0.15) is 0 Å². The third kappa shape index (κ3) is 3.71. The highest BCUT2D eigenvalue weighted by Gasteiger charge is 2.66. The molecule has 1 saturated heterocycles. The number of phenolic OH excluding ortho intramolecular Hbond substituents is 1. The van der Waals surface area contributed by atoms with Crippen molar-refractivity contribution >= 4 is 29.0 Å². The SMILES string of the molecule is CCN1C(=O)[C@H]2[C@H](CC=C3[C@H]2C[C@H]2C(=O)C(c4ccccc4)=CC(=O)[C@@]2(c2ccccc2)[C@H]3c2cccc(C)c2O)C1=O. The number of aromatic hydroxyl groups is 1. The number of hydrogen-bond donors (Lipinski definition) is 1. The van der Waals surface area contributed by atoms with Crippen LogP contribution in [-0.4, -0.2) is 39.9 Å². The van der Waals surface area contributed by atoms with Crippen molar-refractivity contribution in [3.63, 3.8) is 0 Å². The van der Waals surface area contributed by atoms with E-state index in [1.165, 1.54) is 11.0 Å². The van der Waals surface area contributed by atoms with Crippen LogP contribution in [-0.2, 0) is 24.6 Å². The second kappa shape index (κ2) is 10.0. The van der Waals surface area contributed by atoms with Gasteiger partial charge in [-0.05, 0) is 55.4 Å². The summed E-state index contributed by atoms with van der Waals surface area (Å²) in [6, 6.07) is 24.1. The number of carbonyl (C=O) groups excluding carboxylic acids is 4. The normalized spacial score (nSPS) is 29.9. The summed E-state index contributed by atoms with van der Waals surface area (Å²) in [5, 5.41) is 11.6. The van der Waals surface area contributed by atoms with Crippen molar-refractivity contribution in [3.05, 3.63) is 119 Å². The zero-order valence-corrected chi connectivity index (χ0v) is 24.2. The van der Waals surface area contributed by atoms with Crippen LogP contribution in [0.2, 0.25) is 0 Å². The first-order valence-corrected chi connectivity index (χ1v) is 15.1. The van der Waals surface area contributed by atoms with Gasteiger partial charge in [0.05, 0.1) is 17.3 Å². The molecule has 0 radical (unpaired) electrons. The van der Waals surface area contributed by atoms with Gasteiger partial charge in [-0.1, -0.05) is 90.5 Å². The number of ketones is 2. The Kier molecular flexibility index (Phi) is 6.35. The lowest BCUT2D eigenvalue weighted by Crippen LogP contribution is -2.58. The Morgan fingerprint density at radius 1 is 0.860 bits per heavy atom. The number of fused-ring (bicyclic) bond motifs is 4. The van der Waals surface area contributed by atoms with Crippen LogP contribution in [0.15, 0.2) is 96.6 Å². The zero-order chi connectivity index (χ0) is 30.0. The van der Waals surface area contributed by atoms with Gasteiger partial charge < -0.3 is 5.11 Å². The first-order chi connectivity index (χ1) is 20.8. The fraction of sp³-hybridized carbons (Fsp3) is 0.297. The predicted molar refractivity (Wildman–Crippen MR) is 162 cm³/mol. The summed E-state index contributed by atoms with van der Waals surface area (Å²) in [7, 11) is 0. The van der Waals surface area contributed by atoms with E-state index in [9.17, 15) is 24.3 Å². The van der Waals surface area contributed by atoms with Crippen molar-refractivity contribution in [1.82, 2.24) is 4.90 Å². The Bertz CT molecular complexity index is 1740. The van der Waals surface area contributed by atoms with E-state index >= 15 is 0 Å². The Morgan fingerprint density at radius 2 is 1.56 bits per heavy atom. The van der Waals surface area contributed by atoms with E-state index in [0.29, 0.717) is 40.8 Å². The molecule has 0 aromatic heterocycles. The first kappa shape index (κ1) is 27.3. The summed E-state index contributed by atoms with van der Waals surface area (Å²) in [6.07, 6.45) is 4.16. The summed E-state index contributed by atoms with van der Waals surface area (Å²) >= 11 is 0. The summed E-state index contributed by atoms with van der Waals surface area (Å²) in [5.74, 6) is -3.69. The monoisotopic (exact) mass is 571 g/mol. The highest BCUT2D eigenvalue weighted by atomic mass is 16.3. The number of phenols is 1. The van der Waals surface area contributed by atoms with Crippen LogP contribution in [0.5, 0.6) is 5.75 Å². The third-order valence-corrected chi connectivity index (χ3v) is 10.4. The standard InChI is InChI=1S/C37H33NO5/c1-3-38-35(42)25-18-17-24-28(31(25)36(38)43)19-29-34(41)27(22-12-6-4-7-13-22)20-30(39)37(29,23-14-8-5-9-15-23)32(24)26-16-10-11-21(2)33(26)40/h4-17,20,25,28-29,31-32,40H,3,18-19H2,1-2H3/t25-,28+,29-,31-,32+,37-/m0/s1. The van der Waals surface area contributed by atoms with E-state index in [1.54, 1.807) is 6.92 Å². The van der Waals surface area contributed by atoms with E-state index in [4.69, 9.17) is 0 Å². The smallest absolute Gasteiger partial charge is 0.233 e. The Balaban J connectivity index is 1.53. The first-order valence-electron chi connectivity index (χ1n) is 15.1. The van der Waals surface area contributed by atoms with Gasteiger partial charge >= 0.3 is 0 Å². The number of imide groups is 1. The molecular weight excluding hydrogens is 538 g/mol. The average molecular weight is 572 g/mol. The van der Waals surface area contributed by atoms with Crippen LogP contribution in [0, 0.1) is 30.6 Å². The molecule has 0 spiro atoms. The number of aryl methyl sites for hydroxylation is 1. The number of nitrogens with zero attached hydrogens (tertiary/aromatic N) is 1. The van der Waals surface area contributed by atoms with Gasteiger partial charge in [0, 0.05) is 29.5 Å². The molecule has 1 saturated carbocycles. The summed E-state index contributed by atoms with van der Waals surface area (Å²) in [4.78, 5) is 58.2. The number of benzene rings is 3. The highest BCUT2D eigenvalue weighted by Crippen LogP contribution is 2.64. The van der Waals surface area contributed by atoms with Gasteiger partial charge in [0.2, 0.25) is 11.8 Å². The number of carbonyl (C=O) groups is 4. The van der Waals surface area contributed by atoms with Gasteiger partial charge in [0.1, 0.15) is 5.75 Å². The lowest BCUT2D eigenvalue weighted by atomic mass is 9.44. The Labute approximate surface area is 250 Å². The van der Waals surface area contributed by atoms with Crippen LogP contribution < -0.4 is 0 Å². The lowest BCUT2D eigenvalue weighted by Gasteiger charge is -2.55. The lowest BCUT2D eigenvalue weighted by molar-refractivity contribution is -0.140. The maximum absolute atomic E-state index is 14.9. The minimum Gasteiger partial charge on any atom is -0.507 e. The molecule has 6 nitrogen and oxygen atoms in total. The number of para-hydroxylation sites is 1. The molecule has 3 aromatic carbocycles. The van der Waals surface area contributed by atoms with E-state index < -0.39 is 35.0 Å². The molecule has 43 heavy (non-hydrogen) atoms. The minimum absolute atomic E-state index is 0.0762. The molecule has 2 fully saturated rings. The third-order valence-electron chi connectivity index (χ3n) is 10.4. The fourth-order valence-electron chi connectivity index (χ4n) is 8.51. The summed E-state index contributed by atoms with van der Waals surface area (Å²) in [5.41, 5.74) is 2.48. The average Bonchev–Trinajstić information content (AvgIpc) is 3.28. The molecule has 4 aliphatic rings. The highest BCUT2D eigenvalue weighted by molar-refractivity contribution is 6.31. The molecule has 1 heterocycles. The number of amides is 2. The maximum Gasteiger partial charge on any atom is 0.233 e. The van der Waals surface area contributed by atoms with Crippen LogP contribution >= 0.6 is 0 Å². The molecular formula is C37H33NO5. The number of Topliss-reactive ketones (excluding diaryl/α,β-unsaturated/α-hetero) is 1. The quantitative estimate of drug-likeness (QED) is 0.328. The van der Waals surface area contributed by atoms with Gasteiger partial charge in [-0.25, -0.2) is 0 Å². The summed E-state index contributed by atoms with van der Waals surface area (Å²) in [6.45, 7) is 3.91. The van der Waals surface area contributed by atoms with E-state index in [-0.39, 0.29) is 35.6 Å². The van der Waals surface area contributed by atoms with Crippen molar-refractivity contribution in [2.24, 2.45) is 23.7 Å². The molecule has 0 bridgehead atoms. The van der Waals surface area contributed by atoms with Gasteiger partial charge in [-0.3, -0.25) is 24.1 Å². The summed E-state index contributed by atoms with van der Waals surface area (Å²) < 4.78 is 0. The molecule has 2 amide bonds. The number of likely N-dealkylation sites (tertiary alicyclic amines) is 1. The molecule has 0 unspecified atom stereocenters. The number of rotatable bonds is 4. The molecule has 6 heteroatoms. The van der Waals surface area contributed by atoms with Crippen molar-refractivity contribution in [3.8, 4) is 5.75 Å². The largest absolute Gasteiger partial charge is 0.507 e. The van der Waals surface area contributed by atoms with Crippen LogP contribution in [0.25, 0.3) is 5.57 Å². The van der Waals surface area contributed by atoms with Gasteiger partial charge in [0.15, 0.2) is 11.6 Å². The molecule has 7 rings (SSSR count). The van der Waals surface area contributed by atoms with Crippen LogP contribution in [0.1, 0.15) is 47.9 Å². The van der Waals surface area contributed by atoms with Crippen LogP contribution in [0.4, 0.5) is 0 Å². The predicted octanol–water partition coefficient (Wildman–Crippen LogP) is 5.54. The van der Waals surface area contributed by atoms with Crippen molar-refractivity contribution in [2.75, 3.05) is 6.54 Å². The minimum atomic E-state index is -1.34. The topological polar surface area (TPSA) is 91.8 Å². The second-order valence-electron chi connectivity index (χ2n) is 12.2. The molecule has 3 aromatic rings. The van der Waals surface area contributed by atoms with E-state index in [1.807, 2.05) is 91.9 Å². The molecule has 1 N–H and O–H groups in total. The van der Waals surface area contributed by atoms with Crippen molar-refractivity contribution in [1.29, 1.82) is 0 Å². The second-order valence-corrected chi connectivity index (χ2v) is 12.2. The molecule has 6 atom stereocenters. The Hall–Kier alpha value is -4.58. The molecule has 3 aliphatic carbocycles. The number of hydrogen-bond acceptors (Lipinski definition) is 5. The van der Waals surface area contributed by atoms with Gasteiger partial charge in [0.25, 0.3) is 0 Å². The molecule has 1 aliphatic heterocycles. The van der Waals surface area contributed by atoms with Crippen molar-refractivity contribution in [2.45, 2.75) is 38.0 Å². The van der Waals surface area contributed by atoms with E-state index in [2.05, 4.69) is 0 Å². The maximum atomic E-state index is 14.9. The fourth-order valence-corrected chi connectivity index (χ4v) is 8.51. The van der Waals surface area contributed by atoms with Crippen molar-refractivity contribution < 1.29 is 24.3 Å². The zero-order valence-electron chi connectivity index (χ0n) is 24.2. The molecule has 216 valence electrons. The van der Waals surface area contributed by atoms with E-state index in [0.717, 1.165) is 5.57 Å². The Morgan fingerprint density at radius 3 is 2.26 bits per heavy atom. The van der Waals surface area contributed by atoms with Gasteiger partial charge in [-0.15, -0.1) is 0 Å². The van der Waals surface area contributed by atoms with Crippen LogP contribution in [0.3, 0.4) is 0 Å².